The van der Waals surface area contributed by atoms with Gasteiger partial charge in [-0.05, 0) is 56.4 Å². The molecule has 29 heavy (non-hydrogen) atoms. The van der Waals surface area contributed by atoms with Crippen molar-refractivity contribution in [2.24, 2.45) is 0 Å². The second-order valence-electron chi connectivity index (χ2n) is 7.14. The van der Waals surface area contributed by atoms with E-state index in [-0.39, 0.29) is 22.9 Å². The Kier molecular flexibility index (Phi) is 6.81. The Bertz CT molecular complexity index is 942. The van der Waals surface area contributed by atoms with E-state index >= 15 is 0 Å². The molecule has 1 fully saturated rings. The molecule has 8 nitrogen and oxygen atoms in total. The highest BCUT2D eigenvalue weighted by Gasteiger charge is 2.27. The third-order valence-electron chi connectivity index (χ3n) is 4.89. The molecule has 1 heterocycles. The summed E-state index contributed by atoms with van der Waals surface area (Å²) in [4.78, 5) is 19.8. The van der Waals surface area contributed by atoms with Gasteiger partial charge in [0.1, 0.15) is 6.10 Å². The Hall–Kier alpha value is -2.52. The Morgan fingerprint density at radius 3 is 2.59 bits per heavy atom. The van der Waals surface area contributed by atoms with Crippen molar-refractivity contribution >= 4 is 21.6 Å². The Labute approximate surface area is 171 Å². The highest BCUT2D eigenvalue weighted by Crippen LogP contribution is 2.25. The second kappa shape index (κ2) is 9.32. The summed E-state index contributed by atoms with van der Waals surface area (Å²) in [5.74, 6) is 0.376. The molecule has 3 rings (SSSR count). The zero-order chi connectivity index (χ0) is 20.9. The first-order chi connectivity index (χ1) is 13.9. The van der Waals surface area contributed by atoms with Gasteiger partial charge in [-0.2, -0.15) is 0 Å². The number of sulfonamides is 1. The number of benzene rings is 1. The van der Waals surface area contributed by atoms with Gasteiger partial charge in [0.25, 0.3) is 0 Å². The van der Waals surface area contributed by atoms with Crippen LogP contribution in [0, 0.1) is 6.92 Å². The Morgan fingerprint density at radius 2 is 1.97 bits per heavy atom. The third kappa shape index (κ3) is 5.74. The summed E-state index contributed by atoms with van der Waals surface area (Å²) in [6, 6.07) is 4.68. The van der Waals surface area contributed by atoms with Gasteiger partial charge in [0.15, 0.2) is 0 Å². The lowest BCUT2D eigenvalue weighted by atomic mass is 9.94. The number of amides is 1. The minimum Gasteiger partial charge on any atom is -0.473 e. The van der Waals surface area contributed by atoms with Crippen LogP contribution in [0.1, 0.15) is 44.6 Å². The quantitative estimate of drug-likeness (QED) is 0.715. The normalized spacial score (nSPS) is 19.5. The van der Waals surface area contributed by atoms with Crippen LogP contribution in [0.15, 0.2) is 41.7 Å². The predicted octanol–water partition coefficient (Wildman–Crippen LogP) is 2.80. The fourth-order valence-electron chi connectivity index (χ4n) is 3.38. The van der Waals surface area contributed by atoms with E-state index in [4.69, 9.17) is 4.74 Å². The molecule has 2 N–H and O–H groups in total. The van der Waals surface area contributed by atoms with E-state index in [1.807, 2.05) is 0 Å². The summed E-state index contributed by atoms with van der Waals surface area (Å²) in [5, 5.41) is 2.74. The molecular formula is C20H26N4O4S. The molecule has 1 aromatic heterocycles. The molecule has 1 aliphatic rings. The fourth-order valence-corrected chi connectivity index (χ4v) is 4.91. The number of nitrogens with one attached hydrogen (secondary N) is 2. The zero-order valence-corrected chi connectivity index (χ0v) is 17.4. The van der Waals surface area contributed by atoms with Gasteiger partial charge in [-0.1, -0.05) is 6.92 Å². The largest absolute Gasteiger partial charge is 0.473 e. The van der Waals surface area contributed by atoms with Crippen LogP contribution in [0.2, 0.25) is 0 Å². The number of hydrogen-bond acceptors (Lipinski definition) is 6. The third-order valence-corrected chi connectivity index (χ3v) is 6.57. The van der Waals surface area contributed by atoms with Gasteiger partial charge in [0.05, 0.1) is 11.1 Å². The van der Waals surface area contributed by atoms with E-state index in [0.29, 0.717) is 36.4 Å². The zero-order valence-electron chi connectivity index (χ0n) is 16.6. The molecule has 1 aromatic carbocycles. The van der Waals surface area contributed by atoms with E-state index in [0.717, 1.165) is 12.8 Å². The minimum absolute atomic E-state index is 0.00986. The molecule has 1 saturated carbocycles. The van der Waals surface area contributed by atoms with E-state index in [1.165, 1.54) is 6.07 Å². The van der Waals surface area contributed by atoms with Crippen molar-refractivity contribution in [3.05, 3.63) is 42.4 Å². The van der Waals surface area contributed by atoms with Crippen LogP contribution >= 0.6 is 0 Å². The van der Waals surface area contributed by atoms with E-state index in [1.54, 1.807) is 44.6 Å². The van der Waals surface area contributed by atoms with Crippen molar-refractivity contribution in [1.82, 2.24) is 14.7 Å². The molecule has 0 radical (unpaired) electrons. The fraction of sp³-hybridized carbons (Fsp3) is 0.450. The first-order valence-electron chi connectivity index (χ1n) is 9.73. The molecule has 0 unspecified atom stereocenters. The first kappa shape index (κ1) is 21.2. The van der Waals surface area contributed by atoms with Crippen LogP contribution in [-0.4, -0.2) is 36.4 Å². The maximum atomic E-state index is 12.8. The van der Waals surface area contributed by atoms with Crippen LogP contribution in [0.25, 0.3) is 0 Å². The summed E-state index contributed by atoms with van der Waals surface area (Å²) in [7, 11) is -3.64. The Balaban J connectivity index is 1.58. The molecule has 156 valence electrons. The lowest BCUT2D eigenvalue weighted by molar-refractivity contribution is -0.115. The van der Waals surface area contributed by atoms with Crippen LogP contribution in [-0.2, 0) is 14.8 Å². The molecule has 0 atom stereocenters. The number of hydrogen-bond donors (Lipinski definition) is 2. The number of nitrogens with zero attached hydrogens (tertiary/aromatic N) is 2. The smallest absolute Gasteiger partial charge is 0.241 e. The Morgan fingerprint density at radius 1 is 1.21 bits per heavy atom. The maximum Gasteiger partial charge on any atom is 0.241 e. The molecule has 0 spiro atoms. The number of carbonyl (C=O) groups is 1. The number of carbonyl (C=O) groups excluding carboxylic acids is 1. The molecule has 2 aromatic rings. The summed E-state index contributed by atoms with van der Waals surface area (Å²) >= 11 is 0. The number of anilines is 1. The predicted molar refractivity (Wildman–Crippen MR) is 109 cm³/mol. The lowest BCUT2D eigenvalue weighted by Crippen LogP contribution is -2.39. The molecular weight excluding hydrogens is 392 g/mol. The highest BCUT2D eigenvalue weighted by atomic mass is 32.2. The average molecular weight is 419 g/mol. The summed E-state index contributed by atoms with van der Waals surface area (Å²) < 4.78 is 34.3. The summed E-state index contributed by atoms with van der Waals surface area (Å²) in [6.45, 7) is 3.49. The number of aromatic nitrogens is 2. The van der Waals surface area contributed by atoms with Gasteiger partial charge < -0.3 is 10.1 Å². The van der Waals surface area contributed by atoms with Crippen LogP contribution in [0.4, 0.5) is 5.69 Å². The van der Waals surface area contributed by atoms with Gasteiger partial charge >= 0.3 is 0 Å². The van der Waals surface area contributed by atoms with E-state index < -0.39 is 10.0 Å². The van der Waals surface area contributed by atoms with Crippen LogP contribution in [0.5, 0.6) is 5.88 Å². The molecule has 0 bridgehead atoms. The van der Waals surface area contributed by atoms with Crippen molar-refractivity contribution in [1.29, 1.82) is 0 Å². The highest BCUT2D eigenvalue weighted by molar-refractivity contribution is 7.89. The average Bonchev–Trinajstić information content (AvgIpc) is 2.70. The SMILES string of the molecule is CCC(=O)Nc1ccc(S(=O)(=O)NC2CCC(Oc3cnccn3)CC2)c(C)c1. The van der Waals surface area contributed by atoms with Crippen LogP contribution < -0.4 is 14.8 Å². The van der Waals surface area contributed by atoms with Crippen molar-refractivity contribution in [2.75, 3.05) is 5.32 Å². The molecule has 9 heteroatoms. The van der Waals surface area contributed by atoms with Gasteiger partial charge in [-0.15, -0.1) is 0 Å². The lowest BCUT2D eigenvalue weighted by Gasteiger charge is -2.29. The van der Waals surface area contributed by atoms with Crippen molar-refractivity contribution in [3.8, 4) is 5.88 Å². The topological polar surface area (TPSA) is 110 Å². The van der Waals surface area contributed by atoms with Gasteiger partial charge in [-0.25, -0.2) is 18.1 Å². The van der Waals surface area contributed by atoms with Gasteiger partial charge in [0.2, 0.25) is 21.8 Å². The molecule has 0 aliphatic heterocycles. The summed E-state index contributed by atoms with van der Waals surface area (Å²) in [6.07, 6.45) is 7.97. The van der Waals surface area contributed by atoms with Crippen molar-refractivity contribution < 1.29 is 17.9 Å². The number of rotatable bonds is 7. The molecule has 1 amide bonds. The van der Waals surface area contributed by atoms with E-state index in [2.05, 4.69) is 20.0 Å². The van der Waals surface area contributed by atoms with Crippen molar-refractivity contribution in [3.63, 3.8) is 0 Å². The summed E-state index contributed by atoms with van der Waals surface area (Å²) in [5.41, 5.74) is 1.18. The first-order valence-corrected chi connectivity index (χ1v) is 11.2. The number of ether oxygens (including phenoxy) is 1. The van der Waals surface area contributed by atoms with Gasteiger partial charge in [-0.3, -0.25) is 9.78 Å². The van der Waals surface area contributed by atoms with E-state index in [9.17, 15) is 13.2 Å². The number of aryl methyl sites for hydroxylation is 1. The second-order valence-corrected chi connectivity index (χ2v) is 8.82. The maximum absolute atomic E-state index is 12.8. The standard InChI is InChI=1S/C20H26N4O4S/c1-3-19(25)23-16-6-9-18(14(2)12-16)29(26,27)24-15-4-7-17(8-5-15)28-20-13-21-10-11-22-20/h6,9-13,15,17,24H,3-5,7-8H2,1-2H3,(H,23,25). The monoisotopic (exact) mass is 418 g/mol. The molecule has 0 saturated heterocycles. The van der Waals surface area contributed by atoms with Crippen LogP contribution in [0.3, 0.4) is 0 Å². The minimum atomic E-state index is -3.64. The molecule has 1 aliphatic carbocycles. The van der Waals surface area contributed by atoms with Gasteiger partial charge in [0, 0.05) is 30.5 Å². The van der Waals surface area contributed by atoms with Crippen molar-refractivity contribution in [2.45, 2.75) is 63.0 Å².